The number of carbonyl (C=O) groups excluding carboxylic acids is 2. The second-order valence-electron chi connectivity index (χ2n) is 6.10. The Morgan fingerprint density at radius 2 is 1.92 bits per heavy atom. The summed E-state index contributed by atoms with van der Waals surface area (Å²) in [7, 11) is 0. The SMILES string of the molecule is CCOC(=O)C1CCN(C(=O)Nc2ccc(-c3ccc[nH]3)cc2)CC1. The second-order valence-corrected chi connectivity index (χ2v) is 6.10. The lowest BCUT2D eigenvalue weighted by atomic mass is 9.97. The molecule has 1 saturated heterocycles. The highest BCUT2D eigenvalue weighted by Crippen LogP contribution is 2.22. The summed E-state index contributed by atoms with van der Waals surface area (Å²) < 4.78 is 5.05. The predicted molar refractivity (Wildman–Crippen MR) is 96.2 cm³/mol. The van der Waals surface area contributed by atoms with Gasteiger partial charge in [-0.05, 0) is 49.6 Å². The molecule has 2 N–H and O–H groups in total. The molecular formula is C19H23N3O3. The van der Waals surface area contributed by atoms with Gasteiger partial charge < -0.3 is 19.9 Å². The average Bonchev–Trinajstić information content (AvgIpc) is 3.17. The molecule has 1 fully saturated rings. The lowest BCUT2D eigenvalue weighted by Gasteiger charge is -2.30. The largest absolute Gasteiger partial charge is 0.466 e. The maximum atomic E-state index is 12.4. The summed E-state index contributed by atoms with van der Waals surface area (Å²) in [5.74, 6) is -0.244. The van der Waals surface area contributed by atoms with Crippen LogP contribution in [0.25, 0.3) is 11.3 Å². The Hall–Kier alpha value is -2.76. The number of urea groups is 1. The van der Waals surface area contributed by atoms with Gasteiger partial charge in [-0.15, -0.1) is 0 Å². The number of esters is 1. The zero-order valence-corrected chi connectivity index (χ0v) is 14.3. The number of ether oxygens (including phenoxy) is 1. The molecule has 2 aromatic rings. The first-order valence-electron chi connectivity index (χ1n) is 8.63. The fourth-order valence-electron chi connectivity index (χ4n) is 3.02. The van der Waals surface area contributed by atoms with E-state index in [0.717, 1.165) is 16.9 Å². The van der Waals surface area contributed by atoms with Gasteiger partial charge in [0.25, 0.3) is 0 Å². The monoisotopic (exact) mass is 341 g/mol. The van der Waals surface area contributed by atoms with Crippen molar-refractivity contribution in [2.24, 2.45) is 5.92 Å². The molecule has 132 valence electrons. The Morgan fingerprint density at radius 3 is 2.52 bits per heavy atom. The van der Waals surface area contributed by atoms with Gasteiger partial charge in [-0.3, -0.25) is 4.79 Å². The van der Waals surface area contributed by atoms with Crippen LogP contribution in [0.3, 0.4) is 0 Å². The number of amides is 2. The first-order valence-corrected chi connectivity index (χ1v) is 8.63. The third-order valence-corrected chi connectivity index (χ3v) is 4.45. The first-order chi connectivity index (χ1) is 12.2. The summed E-state index contributed by atoms with van der Waals surface area (Å²) >= 11 is 0. The minimum atomic E-state index is -0.150. The Morgan fingerprint density at radius 1 is 1.20 bits per heavy atom. The average molecular weight is 341 g/mol. The summed E-state index contributed by atoms with van der Waals surface area (Å²) in [6.45, 7) is 3.34. The van der Waals surface area contributed by atoms with Crippen molar-refractivity contribution in [3.63, 3.8) is 0 Å². The number of benzene rings is 1. The molecule has 1 aliphatic heterocycles. The third-order valence-electron chi connectivity index (χ3n) is 4.45. The van der Waals surface area contributed by atoms with Crippen molar-refractivity contribution in [2.75, 3.05) is 25.0 Å². The molecule has 1 aromatic heterocycles. The molecule has 6 heteroatoms. The van der Waals surface area contributed by atoms with E-state index in [9.17, 15) is 9.59 Å². The molecule has 6 nitrogen and oxygen atoms in total. The molecule has 0 spiro atoms. The Kier molecular flexibility index (Phi) is 5.38. The van der Waals surface area contributed by atoms with Gasteiger partial charge in [0.15, 0.2) is 0 Å². The molecule has 25 heavy (non-hydrogen) atoms. The van der Waals surface area contributed by atoms with E-state index in [4.69, 9.17) is 4.74 Å². The lowest BCUT2D eigenvalue weighted by molar-refractivity contribution is -0.149. The minimum Gasteiger partial charge on any atom is -0.466 e. The van der Waals surface area contributed by atoms with Crippen molar-refractivity contribution in [1.82, 2.24) is 9.88 Å². The van der Waals surface area contributed by atoms with E-state index in [0.29, 0.717) is 32.5 Å². The van der Waals surface area contributed by atoms with Gasteiger partial charge in [0.05, 0.1) is 12.5 Å². The third kappa shape index (κ3) is 4.21. The molecule has 0 unspecified atom stereocenters. The Labute approximate surface area is 147 Å². The van der Waals surface area contributed by atoms with E-state index < -0.39 is 0 Å². The van der Waals surface area contributed by atoms with Gasteiger partial charge >= 0.3 is 12.0 Å². The van der Waals surface area contributed by atoms with E-state index in [-0.39, 0.29) is 17.9 Å². The summed E-state index contributed by atoms with van der Waals surface area (Å²) in [5.41, 5.74) is 2.87. The number of hydrogen-bond acceptors (Lipinski definition) is 3. The van der Waals surface area contributed by atoms with Crippen molar-refractivity contribution < 1.29 is 14.3 Å². The standard InChI is InChI=1S/C19H23N3O3/c1-2-25-18(23)15-9-12-22(13-10-15)19(24)21-16-7-5-14(6-8-16)17-4-3-11-20-17/h3-8,11,15,20H,2,9-10,12-13H2,1H3,(H,21,24). The lowest BCUT2D eigenvalue weighted by Crippen LogP contribution is -2.42. The van der Waals surface area contributed by atoms with Crippen molar-refractivity contribution >= 4 is 17.7 Å². The molecule has 2 amide bonds. The van der Waals surface area contributed by atoms with Crippen LogP contribution in [0.4, 0.5) is 10.5 Å². The molecule has 0 bridgehead atoms. The van der Waals surface area contributed by atoms with E-state index in [1.807, 2.05) is 49.5 Å². The number of aromatic nitrogens is 1. The van der Waals surface area contributed by atoms with Crippen LogP contribution in [-0.2, 0) is 9.53 Å². The highest BCUT2D eigenvalue weighted by atomic mass is 16.5. The molecule has 1 aliphatic rings. The van der Waals surface area contributed by atoms with Gasteiger partial charge in [0.2, 0.25) is 0 Å². The van der Waals surface area contributed by atoms with Crippen LogP contribution < -0.4 is 5.32 Å². The van der Waals surface area contributed by atoms with Gasteiger partial charge in [-0.25, -0.2) is 4.79 Å². The van der Waals surface area contributed by atoms with E-state index in [1.165, 1.54) is 0 Å². The molecule has 1 aromatic carbocycles. The minimum absolute atomic E-state index is 0.0934. The molecule has 3 rings (SSSR count). The summed E-state index contributed by atoms with van der Waals surface area (Å²) in [4.78, 5) is 29.0. The maximum Gasteiger partial charge on any atom is 0.321 e. The fourth-order valence-corrected chi connectivity index (χ4v) is 3.02. The Balaban J connectivity index is 1.52. The fraction of sp³-hybridized carbons (Fsp3) is 0.368. The number of aromatic amines is 1. The number of nitrogens with zero attached hydrogens (tertiary/aromatic N) is 1. The van der Waals surface area contributed by atoms with E-state index in [2.05, 4.69) is 10.3 Å². The van der Waals surface area contributed by atoms with Crippen LogP contribution >= 0.6 is 0 Å². The van der Waals surface area contributed by atoms with Crippen LogP contribution in [-0.4, -0.2) is 41.6 Å². The highest BCUT2D eigenvalue weighted by Gasteiger charge is 2.28. The van der Waals surface area contributed by atoms with Gasteiger partial charge in [0, 0.05) is 30.7 Å². The summed E-state index contributed by atoms with van der Waals surface area (Å²) in [6.07, 6.45) is 3.18. The zero-order chi connectivity index (χ0) is 17.6. The number of piperidine rings is 1. The normalized spacial score (nSPS) is 15.0. The second kappa shape index (κ2) is 7.88. The topological polar surface area (TPSA) is 74.4 Å². The van der Waals surface area contributed by atoms with Crippen molar-refractivity contribution in [2.45, 2.75) is 19.8 Å². The molecular weight excluding hydrogens is 318 g/mol. The maximum absolute atomic E-state index is 12.4. The van der Waals surface area contributed by atoms with Gasteiger partial charge in [-0.2, -0.15) is 0 Å². The summed E-state index contributed by atoms with van der Waals surface area (Å²) in [6, 6.07) is 11.5. The number of rotatable bonds is 4. The number of likely N-dealkylation sites (tertiary alicyclic amines) is 1. The van der Waals surface area contributed by atoms with Crippen LogP contribution in [0.5, 0.6) is 0 Å². The Bertz CT molecular complexity index is 702. The van der Waals surface area contributed by atoms with Crippen LogP contribution in [0.2, 0.25) is 0 Å². The number of hydrogen-bond donors (Lipinski definition) is 2. The van der Waals surface area contributed by atoms with Crippen LogP contribution in [0, 0.1) is 5.92 Å². The predicted octanol–water partition coefficient (Wildman–Crippen LogP) is 3.49. The van der Waals surface area contributed by atoms with Crippen LogP contribution in [0.1, 0.15) is 19.8 Å². The number of anilines is 1. The first kappa shape index (κ1) is 17.1. The van der Waals surface area contributed by atoms with Crippen molar-refractivity contribution in [3.8, 4) is 11.3 Å². The highest BCUT2D eigenvalue weighted by molar-refractivity contribution is 5.89. The molecule has 0 radical (unpaired) electrons. The molecule has 0 aliphatic carbocycles. The quantitative estimate of drug-likeness (QED) is 0.836. The van der Waals surface area contributed by atoms with E-state index in [1.54, 1.807) is 4.90 Å². The molecule has 0 atom stereocenters. The molecule has 0 saturated carbocycles. The number of nitrogens with one attached hydrogen (secondary N) is 2. The van der Waals surface area contributed by atoms with E-state index >= 15 is 0 Å². The smallest absolute Gasteiger partial charge is 0.321 e. The van der Waals surface area contributed by atoms with Crippen molar-refractivity contribution in [1.29, 1.82) is 0 Å². The van der Waals surface area contributed by atoms with Crippen molar-refractivity contribution in [3.05, 3.63) is 42.6 Å². The van der Waals surface area contributed by atoms with Gasteiger partial charge in [0.1, 0.15) is 0 Å². The zero-order valence-electron chi connectivity index (χ0n) is 14.3. The summed E-state index contributed by atoms with van der Waals surface area (Å²) in [5, 5.41) is 2.91. The number of carbonyl (C=O) groups is 2. The number of H-pyrrole nitrogens is 1. The molecule has 2 heterocycles. The van der Waals surface area contributed by atoms with Gasteiger partial charge in [-0.1, -0.05) is 12.1 Å². The van der Waals surface area contributed by atoms with Crippen LogP contribution in [0.15, 0.2) is 42.6 Å².